The third-order valence-electron chi connectivity index (χ3n) is 1.38. The smallest absolute Gasteiger partial charge is 0.335 e. The monoisotopic (exact) mass is 305 g/mol. The zero-order valence-electron chi connectivity index (χ0n) is 6.60. The topological polar surface area (TPSA) is 74.6 Å². The second kappa shape index (κ2) is 5.16. The molecule has 0 aromatic heterocycles. The van der Waals surface area contributed by atoms with E-state index in [2.05, 4.69) is 0 Å². The second-order valence-corrected chi connectivity index (χ2v) is 2.19. The van der Waals surface area contributed by atoms with Crippen molar-refractivity contribution >= 4 is 11.9 Å². The van der Waals surface area contributed by atoms with Crippen LogP contribution in [0.2, 0.25) is 0 Å². The summed E-state index contributed by atoms with van der Waals surface area (Å²) in [5, 5.41) is 16.9. The molecule has 0 unspecified atom stereocenters. The molecule has 0 saturated carbocycles. The molecule has 0 spiro atoms. The van der Waals surface area contributed by atoms with Crippen LogP contribution >= 0.6 is 0 Å². The zero-order chi connectivity index (χ0) is 9.14. The van der Waals surface area contributed by atoms with Gasteiger partial charge in [0.05, 0.1) is 11.1 Å². The van der Waals surface area contributed by atoms with Crippen LogP contribution in [0, 0.1) is 35.6 Å². The molecule has 0 bridgehead atoms. The first-order valence-corrected chi connectivity index (χ1v) is 3.18. The van der Waals surface area contributed by atoms with Gasteiger partial charge in [0, 0.05) is 35.6 Å². The van der Waals surface area contributed by atoms with Gasteiger partial charge in [0.25, 0.3) is 0 Å². The number of hydrogen-bond donors (Lipinski definition) is 2. The first-order valence-electron chi connectivity index (χ1n) is 3.18. The molecule has 0 aliphatic rings. The number of carboxylic acids is 2. The van der Waals surface area contributed by atoms with Crippen LogP contribution < -0.4 is 0 Å². The SMILES string of the molecule is O=C(O)c1ccc(C(=O)O)cc1.[La]. The predicted octanol–water partition coefficient (Wildman–Crippen LogP) is 1.08. The van der Waals surface area contributed by atoms with Crippen molar-refractivity contribution in [2.24, 2.45) is 0 Å². The van der Waals surface area contributed by atoms with Crippen molar-refractivity contribution < 1.29 is 55.4 Å². The molecule has 1 aromatic rings. The summed E-state index contributed by atoms with van der Waals surface area (Å²) in [5.74, 6) is -2.13. The fourth-order valence-electron chi connectivity index (χ4n) is 0.755. The molecule has 65 valence electrons. The Morgan fingerprint density at radius 3 is 1.23 bits per heavy atom. The summed E-state index contributed by atoms with van der Waals surface area (Å²) < 4.78 is 0. The summed E-state index contributed by atoms with van der Waals surface area (Å²) >= 11 is 0. The number of carbonyl (C=O) groups is 2. The number of benzene rings is 1. The van der Waals surface area contributed by atoms with Gasteiger partial charge in [-0.1, -0.05) is 0 Å². The molecule has 4 nitrogen and oxygen atoms in total. The van der Waals surface area contributed by atoms with Crippen molar-refractivity contribution in [1.82, 2.24) is 0 Å². The van der Waals surface area contributed by atoms with E-state index < -0.39 is 11.9 Å². The summed E-state index contributed by atoms with van der Waals surface area (Å²) in [5.41, 5.74) is 0.167. The fraction of sp³-hybridized carbons (Fsp3) is 0. The van der Waals surface area contributed by atoms with Crippen LogP contribution in [0.5, 0.6) is 0 Å². The van der Waals surface area contributed by atoms with Crippen molar-refractivity contribution in [3.63, 3.8) is 0 Å². The maximum atomic E-state index is 10.3. The average molecular weight is 305 g/mol. The predicted molar refractivity (Wildman–Crippen MR) is 40.4 cm³/mol. The van der Waals surface area contributed by atoms with Crippen LogP contribution in [0.15, 0.2) is 24.3 Å². The fourth-order valence-corrected chi connectivity index (χ4v) is 0.755. The van der Waals surface area contributed by atoms with Crippen LogP contribution in [0.1, 0.15) is 20.7 Å². The number of hydrogen-bond acceptors (Lipinski definition) is 2. The molecule has 0 aliphatic carbocycles. The van der Waals surface area contributed by atoms with Crippen molar-refractivity contribution in [2.75, 3.05) is 0 Å². The molecular weight excluding hydrogens is 299 g/mol. The van der Waals surface area contributed by atoms with E-state index in [1.54, 1.807) is 0 Å². The Labute approximate surface area is 102 Å². The second-order valence-electron chi connectivity index (χ2n) is 2.19. The van der Waals surface area contributed by atoms with Gasteiger partial charge in [0.15, 0.2) is 0 Å². The molecule has 1 rings (SSSR count). The molecular formula is C8H6LaO4. The summed E-state index contributed by atoms with van der Waals surface area (Å²) in [6, 6.07) is 5.02. The quantitative estimate of drug-likeness (QED) is 0.857. The van der Waals surface area contributed by atoms with Gasteiger partial charge in [-0.15, -0.1) is 0 Å². The first-order chi connectivity index (χ1) is 5.61. The molecule has 0 saturated heterocycles. The van der Waals surface area contributed by atoms with E-state index in [9.17, 15) is 9.59 Å². The van der Waals surface area contributed by atoms with Gasteiger partial charge in [-0.25, -0.2) is 9.59 Å². The van der Waals surface area contributed by atoms with Gasteiger partial charge in [-0.05, 0) is 24.3 Å². The zero-order valence-corrected chi connectivity index (χ0v) is 10.2. The Morgan fingerprint density at radius 2 is 1.08 bits per heavy atom. The summed E-state index contributed by atoms with van der Waals surface area (Å²) in [6.45, 7) is 0. The van der Waals surface area contributed by atoms with E-state index in [0.717, 1.165) is 0 Å². The molecule has 5 heteroatoms. The van der Waals surface area contributed by atoms with Crippen LogP contribution in [-0.2, 0) is 0 Å². The molecule has 0 heterocycles. The van der Waals surface area contributed by atoms with Gasteiger partial charge in [-0.3, -0.25) is 0 Å². The van der Waals surface area contributed by atoms with E-state index >= 15 is 0 Å². The van der Waals surface area contributed by atoms with Gasteiger partial charge in [-0.2, -0.15) is 0 Å². The van der Waals surface area contributed by atoms with Crippen molar-refractivity contribution in [2.45, 2.75) is 0 Å². The van der Waals surface area contributed by atoms with E-state index in [0.29, 0.717) is 0 Å². The third-order valence-corrected chi connectivity index (χ3v) is 1.38. The molecule has 2 N–H and O–H groups in total. The van der Waals surface area contributed by atoms with Crippen molar-refractivity contribution in [3.05, 3.63) is 35.4 Å². The number of carboxylic acid groups (broad SMARTS) is 2. The Balaban J connectivity index is 0.00000144. The minimum absolute atomic E-state index is 0. The minimum Gasteiger partial charge on any atom is -0.478 e. The molecule has 1 aromatic carbocycles. The van der Waals surface area contributed by atoms with Gasteiger partial charge >= 0.3 is 11.9 Å². The van der Waals surface area contributed by atoms with Crippen LogP contribution in [0.3, 0.4) is 0 Å². The van der Waals surface area contributed by atoms with Gasteiger partial charge in [0.1, 0.15) is 0 Å². The van der Waals surface area contributed by atoms with Crippen LogP contribution in [0.4, 0.5) is 0 Å². The maximum Gasteiger partial charge on any atom is 0.335 e. The molecule has 0 fully saturated rings. The molecule has 0 aliphatic heterocycles. The average Bonchev–Trinajstić information content (AvgIpc) is 2.04. The molecule has 0 amide bonds. The van der Waals surface area contributed by atoms with Crippen LogP contribution in [-0.4, -0.2) is 22.2 Å². The summed E-state index contributed by atoms with van der Waals surface area (Å²) in [4.78, 5) is 20.7. The van der Waals surface area contributed by atoms with Crippen molar-refractivity contribution in [3.8, 4) is 0 Å². The summed E-state index contributed by atoms with van der Waals surface area (Å²) in [7, 11) is 0. The third kappa shape index (κ3) is 3.30. The van der Waals surface area contributed by atoms with Crippen LogP contribution in [0.25, 0.3) is 0 Å². The maximum absolute atomic E-state index is 10.3. The normalized spacial score (nSPS) is 8.62. The number of aromatic carboxylic acids is 2. The largest absolute Gasteiger partial charge is 0.478 e. The van der Waals surface area contributed by atoms with Crippen molar-refractivity contribution in [1.29, 1.82) is 0 Å². The van der Waals surface area contributed by atoms with Gasteiger partial charge < -0.3 is 10.2 Å². The Kier molecular flexibility index (Phi) is 4.91. The van der Waals surface area contributed by atoms with E-state index in [-0.39, 0.29) is 46.7 Å². The standard InChI is InChI=1S/C8H6O4.La/c9-7(10)5-1-2-6(4-3-5)8(11)12;/h1-4H,(H,9,10)(H,11,12);. The molecule has 0 atom stereocenters. The van der Waals surface area contributed by atoms with E-state index in [1.807, 2.05) is 0 Å². The van der Waals surface area contributed by atoms with Gasteiger partial charge in [0.2, 0.25) is 0 Å². The first kappa shape index (κ1) is 12.4. The Morgan fingerprint density at radius 1 is 0.846 bits per heavy atom. The molecule has 1 radical (unpaired) electrons. The Bertz CT molecular complexity index is 284. The number of rotatable bonds is 2. The molecule has 13 heavy (non-hydrogen) atoms. The summed E-state index contributed by atoms with van der Waals surface area (Å²) in [6.07, 6.45) is 0. The minimum atomic E-state index is -1.06. The van der Waals surface area contributed by atoms with E-state index in [4.69, 9.17) is 10.2 Å². The Hall–Kier alpha value is -0.645. The van der Waals surface area contributed by atoms with E-state index in [1.165, 1.54) is 24.3 Å².